The van der Waals surface area contributed by atoms with E-state index in [1.807, 2.05) is 43.0 Å². The molecule has 2 aliphatic rings. The number of hydrogen-bond donors (Lipinski definition) is 2. The Bertz CT molecular complexity index is 1900. The summed E-state index contributed by atoms with van der Waals surface area (Å²) in [6, 6.07) is 19.7. The van der Waals surface area contributed by atoms with Crippen molar-refractivity contribution in [2.45, 2.75) is 85.2 Å². The molecule has 5 amide bonds. The molecular weight excluding hydrogens is 670 g/mol. The molecule has 0 aliphatic carbocycles. The summed E-state index contributed by atoms with van der Waals surface area (Å²) in [6.45, 7) is 11.0. The fraction of sp³-hybridized carbons (Fsp3) is 0.381. The van der Waals surface area contributed by atoms with E-state index in [-0.39, 0.29) is 35.9 Å². The van der Waals surface area contributed by atoms with Gasteiger partial charge in [0.05, 0.1) is 16.8 Å². The maximum Gasteiger partial charge on any atom is 0.413 e. The first-order valence-corrected chi connectivity index (χ1v) is 18.4. The van der Waals surface area contributed by atoms with Crippen molar-refractivity contribution in [1.82, 2.24) is 15.1 Å². The Labute approximate surface area is 311 Å². The molecule has 0 bridgehead atoms. The number of amides is 5. The van der Waals surface area contributed by atoms with Crippen LogP contribution in [-0.2, 0) is 16.0 Å². The molecule has 3 aromatic carbocycles. The molecule has 0 spiro atoms. The third-order valence-corrected chi connectivity index (χ3v) is 8.84. The van der Waals surface area contributed by atoms with E-state index < -0.39 is 11.7 Å². The van der Waals surface area contributed by atoms with Crippen LogP contribution in [0.4, 0.5) is 16.2 Å². The lowest BCUT2D eigenvalue weighted by Crippen LogP contribution is -2.38. The third-order valence-electron chi connectivity index (χ3n) is 8.84. The molecule has 0 saturated carbocycles. The number of ether oxygens (including phenoxy) is 1. The molecule has 0 unspecified atom stereocenters. The van der Waals surface area contributed by atoms with Gasteiger partial charge in [-0.05, 0) is 101 Å². The van der Waals surface area contributed by atoms with Gasteiger partial charge in [-0.3, -0.25) is 29.4 Å². The van der Waals surface area contributed by atoms with Crippen LogP contribution in [0.1, 0.15) is 115 Å². The molecule has 0 atom stereocenters. The summed E-state index contributed by atoms with van der Waals surface area (Å²) in [6.07, 6.45) is 6.00. The molecule has 0 radical (unpaired) electrons. The highest BCUT2D eigenvalue weighted by atomic mass is 16.6. The average molecular weight is 720 g/mol. The lowest BCUT2D eigenvalue weighted by molar-refractivity contribution is -0.127. The standard InChI is InChI=1S/C42H49N5O6/c1-6-21-46(22-7-2)38(49)31-25-29-19-20-30(26-35(29)44-36(27-31)45-41(52)53-42(3,4)5)37(48)43-32-16-13-15-28(24-32)14-9-8-12-23-47-39(50)33-17-10-11-18-34(33)40(47)51/h10-11,13,15-20,24-26H,6-9,12,14,21-23,27H2,1-5H3,(H,43,48)(H,44,45,52). The van der Waals surface area contributed by atoms with Crippen LogP contribution >= 0.6 is 0 Å². The van der Waals surface area contributed by atoms with Crippen molar-refractivity contribution in [2.75, 3.05) is 25.0 Å². The van der Waals surface area contributed by atoms with E-state index in [0.717, 1.165) is 37.7 Å². The number of unbranched alkanes of at least 4 members (excludes halogenated alkanes) is 2. The van der Waals surface area contributed by atoms with Gasteiger partial charge in [0.25, 0.3) is 17.7 Å². The number of aliphatic imine (C=N–C) groups is 1. The Balaban J connectivity index is 1.24. The number of fused-ring (bicyclic) bond motifs is 2. The molecule has 278 valence electrons. The van der Waals surface area contributed by atoms with Crippen molar-refractivity contribution in [2.24, 2.45) is 4.99 Å². The predicted octanol–water partition coefficient (Wildman–Crippen LogP) is 7.94. The molecule has 0 fully saturated rings. The Kier molecular flexibility index (Phi) is 12.6. The number of carbonyl (C=O) groups excluding carboxylic acids is 5. The van der Waals surface area contributed by atoms with Gasteiger partial charge in [0, 0.05) is 48.4 Å². The first kappa shape index (κ1) is 38.6. The Morgan fingerprint density at radius 1 is 0.849 bits per heavy atom. The Morgan fingerprint density at radius 2 is 1.55 bits per heavy atom. The molecule has 11 nitrogen and oxygen atoms in total. The van der Waals surface area contributed by atoms with Gasteiger partial charge in [-0.25, -0.2) is 9.79 Å². The normalized spacial score (nSPS) is 13.7. The quantitative estimate of drug-likeness (QED) is 0.136. The zero-order valence-corrected chi connectivity index (χ0v) is 31.3. The van der Waals surface area contributed by atoms with E-state index in [0.29, 0.717) is 65.3 Å². The topological polar surface area (TPSA) is 137 Å². The fourth-order valence-electron chi connectivity index (χ4n) is 6.42. The minimum absolute atomic E-state index is 0.0910. The van der Waals surface area contributed by atoms with Gasteiger partial charge in [0.15, 0.2) is 0 Å². The number of hydrogen-bond acceptors (Lipinski definition) is 7. The molecule has 0 aromatic heterocycles. The van der Waals surface area contributed by atoms with Crippen LogP contribution in [0.5, 0.6) is 0 Å². The zero-order chi connectivity index (χ0) is 38.1. The highest BCUT2D eigenvalue weighted by Crippen LogP contribution is 2.30. The summed E-state index contributed by atoms with van der Waals surface area (Å²) in [4.78, 5) is 73.1. The van der Waals surface area contributed by atoms with Crippen molar-refractivity contribution in [3.63, 3.8) is 0 Å². The Hall–Kier alpha value is -5.58. The molecular formula is C42H49N5O6. The molecule has 5 rings (SSSR count). The molecule has 0 saturated heterocycles. The SMILES string of the molecule is CCCN(CCC)C(=O)C1=Cc2ccc(C(=O)Nc3cccc(CCCCCN4C(=O)c5ccccc5C4=O)c3)cc2N=C(NC(=O)OC(C)(C)C)C1. The molecule has 2 N–H and O–H groups in total. The second-order valence-electron chi connectivity index (χ2n) is 14.4. The van der Waals surface area contributed by atoms with Gasteiger partial charge in [-0.2, -0.15) is 0 Å². The number of carbonyl (C=O) groups is 5. The summed E-state index contributed by atoms with van der Waals surface area (Å²) in [5.41, 5.74) is 3.85. The van der Waals surface area contributed by atoms with Crippen LogP contribution < -0.4 is 10.6 Å². The Morgan fingerprint density at radius 3 is 2.21 bits per heavy atom. The smallest absolute Gasteiger partial charge is 0.413 e. The highest BCUT2D eigenvalue weighted by molar-refractivity contribution is 6.21. The minimum atomic E-state index is -0.728. The van der Waals surface area contributed by atoms with Crippen molar-refractivity contribution in [3.05, 3.63) is 100 Å². The van der Waals surface area contributed by atoms with Gasteiger partial charge in [0.2, 0.25) is 5.91 Å². The second kappa shape index (κ2) is 17.3. The number of imide groups is 1. The van der Waals surface area contributed by atoms with Crippen molar-refractivity contribution >= 4 is 53.0 Å². The van der Waals surface area contributed by atoms with Crippen LogP contribution in [-0.4, -0.2) is 70.6 Å². The fourth-order valence-corrected chi connectivity index (χ4v) is 6.42. The maximum absolute atomic E-state index is 13.7. The maximum atomic E-state index is 13.7. The zero-order valence-electron chi connectivity index (χ0n) is 31.3. The number of amidine groups is 1. The number of rotatable bonds is 13. The van der Waals surface area contributed by atoms with Gasteiger partial charge in [-0.15, -0.1) is 0 Å². The van der Waals surface area contributed by atoms with Gasteiger partial charge in [-0.1, -0.05) is 50.6 Å². The molecule has 2 aliphatic heterocycles. The van der Waals surface area contributed by atoms with Crippen molar-refractivity contribution < 1.29 is 28.7 Å². The number of nitrogens with one attached hydrogen (secondary N) is 2. The summed E-state index contributed by atoms with van der Waals surface area (Å²) in [5.74, 6) is -0.662. The third kappa shape index (κ3) is 10.1. The summed E-state index contributed by atoms with van der Waals surface area (Å²) < 4.78 is 5.47. The number of anilines is 1. The lowest BCUT2D eigenvalue weighted by atomic mass is 10.0. The number of alkyl carbamates (subject to hydrolysis) is 1. The predicted molar refractivity (Wildman–Crippen MR) is 206 cm³/mol. The molecule has 53 heavy (non-hydrogen) atoms. The van der Waals surface area contributed by atoms with Crippen molar-refractivity contribution in [1.29, 1.82) is 0 Å². The summed E-state index contributed by atoms with van der Waals surface area (Å²) >= 11 is 0. The van der Waals surface area contributed by atoms with E-state index in [1.165, 1.54) is 4.90 Å². The highest BCUT2D eigenvalue weighted by Gasteiger charge is 2.34. The van der Waals surface area contributed by atoms with Gasteiger partial charge >= 0.3 is 6.09 Å². The minimum Gasteiger partial charge on any atom is -0.444 e. The van der Waals surface area contributed by atoms with Crippen LogP contribution in [0, 0.1) is 0 Å². The monoisotopic (exact) mass is 719 g/mol. The van der Waals surface area contributed by atoms with E-state index >= 15 is 0 Å². The first-order valence-electron chi connectivity index (χ1n) is 18.4. The van der Waals surface area contributed by atoms with Crippen LogP contribution in [0.2, 0.25) is 0 Å². The van der Waals surface area contributed by atoms with E-state index in [2.05, 4.69) is 10.6 Å². The first-order chi connectivity index (χ1) is 25.4. The van der Waals surface area contributed by atoms with E-state index in [1.54, 1.807) is 69.3 Å². The van der Waals surface area contributed by atoms with Gasteiger partial charge < -0.3 is 15.0 Å². The lowest BCUT2D eigenvalue weighted by Gasteiger charge is -2.23. The average Bonchev–Trinajstić information content (AvgIpc) is 3.23. The van der Waals surface area contributed by atoms with Crippen LogP contribution in [0.3, 0.4) is 0 Å². The largest absolute Gasteiger partial charge is 0.444 e. The second-order valence-corrected chi connectivity index (χ2v) is 14.4. The number of benzene rings is 3. The van der Waals surface area contributed by atoms with Crippen molar-refractivity contribution in [3.8, 4) is 0 Å². The molecule has 2 heterocycles. The summed E-state index contributed by atoms with van der Waals surface area (Å²) in [5, 5.41) is 5.71. The number of nitrogens with zero attached hydrogens (tertiary/aromatic N) is 3. The molecule has 11 heteroatoms. The van der Waals surface area contributed by atoms with Gasteiger partial charge in [0.1, 0.15) is 11.4 Å². The van der Waals surface area contributed by atoms with Crippen LogP contribution in [0.25, 0.3) is 6.08 Å². The summed E-state index contributed by atoms with van der Waals surface area (Å²) in [7, 11) is 0. The number of aryl methyl sites for hydroxylation is 1. The van der Waals surface area contributed by atoms with E-state index in [9.17, 15) is 24.0 Å². The van der Waals surface area contributed by atoms with Crippen LogP contribution in [0.15, 0.2) is 77.3 Å². The molecule has 3 aromatic rings. The van der Waals surface area contributed by atoms with E-state index in [4.69, 9.17) is 9.73 Å².